The van der Waals surface area contributed by atoms with Crippen molar-refractivity contribution in [3.05, 3.63) is 52.5 Å². The Labute approximate surface area is 193 Å². The Bertz CT molecular complexity index is 1210. The molecule has 5 rings (SSSR count). The van der Waals surface area contributed by atoms with Gasteiger partial charge in [-0.25, -0.2) is 15.0 Å². The van der Waals surface area contributed by atoms with Crippen molar-refractivity contribution in [3.63, 3.8) is 0 Å². The lowest BCUT2D eigenvalue weighted by Crippen LogP contribution is -2.42. The van der Waals surface area contributed by atoms with Crippen LogP contribution in [-0.2, 0) is 28.8 Å². The molecule has 0 radical (unpaired) electrons. The number of fused-ring (bicyclic) bond motifs is 2. The molecular formula is C25H29N5O3. The van der Waals surface area contributed by atoms with Crippen LogP contribution in [0.15, 0.2) is 24.3 Å². The van der Waals surface area contributed by atoms with E-state index in [1.54, 1.807) is 14.0 Å². The number of rotatable bonds is 5. The van der Waals surface area contributed by atoms with Crippen molar-refractivity contribution in [2.45, 2.75) is 45.1 Å². The summed E-state index contributed by atoms with van der Waals surface area (Å²) in [7, 11) is 1.70. The highest BCUT2D eigenvalue weighted by Crippen LogP contribution is 2.31. The fraction of sp³-hybridized carbons (Fsp3) is 0.440. The molecule has 1 amide bonds. The van der Waals surface area contributed by atoms with Crippen molar-refractivity contribution in [3.8, 4) is 5.75 Å². The molecule has 1 saturated heterocycles. The summed E-state index contributed by atoms with van der Waals surface area (Å²) in [6, 6.07) is 8.13. The lowest BCUT2D eigenvalue weighted by molar-refractivity contribution is -0.139. The molecule has 33 heavy (non-hydrogen) atoms. The van der Waals surface area contributed by atoms with E-state index in [2.05, 4.69) is 27.1 Å². The number of pyridine rings is 1. The van der Waals surface area contributed by atoms with E-state index in [4.69, 9.17) is 15.2 Å². The molecule has 1 atom stereocenters. The zero-order valence-corrected chi connectivity index (χ0v) is 19.1. The van der Waals surface area contributed by atoms with E-state index in [1.165, 1.54) is 17.5 Å². The number of ether oxygens (including phenoxy) is 2. The smallest absolute Gasteiger partial charge is 0.223 e. The van der Waals surface area contributed by atoms with Crippen LogP contribution in [0.5, 0.6) is 5.75 Å². The summed E-state index contributed by atoms with van der Waals surface area (Å²) in [4.78, 5) is 28.2. The van der Waals surface area contributed by atoms with Gasteiger partial charge < -0.3 is 20.1 Å². The highest BCUT2D eigenvalue weighted by molar-refractivity contribution is 5.85. The Balaban J connectivity index is 1.27. The van der Waals surface area contributed by atoms with Gasteiger partial charge in [0.25, 0.3) is 0 Å². The Morgan fingerprint density at radius 2 is 2.03 bits per heavy atom. The number of methoxy groups -OCH3 is 1. The van der Waals surface area contributed by atoms with Crippen molar-refractivity contribution in [2.24, 2.45) is 0 Å². The fourth-order valence-corrected chi connectivity index (χ4v) is 4.83. The number of morpholine rings is 1. The van der Waals surface area contributed by atoms with Gasteiger partial charge in [-0.05, 0) is 67.5 Å². The van der Waals surface area contributed by atoms with Gasteiger partial charge in [0.2, 0.25) is 5.91 Å². The third-order valence-electron chi connectivity index (χ3n) is 6.57. The number of carbonyl (C=O) groups excluding carboxylic acids is 1. The number of aryl methyl sites for hydroxylation is 4. The highest BCUT2D eigenvalue weighted by atomic mass is 16.5. The number of nitrogens with two attached hydrogens (primary N) is 1. The van der Waals surface area contributed by atoms with E-state index >= 15 is 0 Å². The molecule has 0 saturated carbocycles. The minimum atomic E-state index is -0.293. The van der Waals surface area contributed by atoms with Crippen LogP contribution >= 0.6 is 0 Å². The Morgan fingerprint density at radius 1 is 1.21 bits per heavy atom. The van der Waals surface area contributed by atoms with Gasteiger partial charge in [-0.2, -0.15) is 0 Å². The minimum Gasteiger partial charge on any atom is -0.496 e. The first-order valence-corrected chi connectivity index (χ1v) is 11.5. The molecular weight excluding hydrogens is 418 g/mol. The van der Waals surface area contributed by atoms with E-state index in [-0.39, 0.29) is 12.0 Å². The van der Waals surface area contributed by atoms with Gasteiger partial charge in [-0.1, -0.05) is 6.07 Å². The SMILES string of the molecule is COc1cc2c(cc1CCC(=O)N1CCO[C@H](c3ccc4c(N)nc(C)nc4n3)C1)CCC2. The zero-order chi connectivity index (χ0) is 22.9. The third kappa shape index (κ3) is 4.35. The molecule has 0 bridgehead atoms. The Morgan fingerprint density at radius 3 is 2.85 bits per heavy atom. The molecule has 3 aromatic rings. The topological polar surface area (TPSA) is 103 Å². The average Bonchev–Trinajstić information content (AvgIpc) is 3.28. The van der Waals surface area contributed by atoms with Gasteiger partial charge in [0, 0.05) is 13.0 Å². The molecule has 1 aliphatic carbocycles. The van der Waals surface area contributed by atoms with E-state index in [9.17, 15) is 4.79 Å². The Kier molecular flexibility index (Phi) is 5.85. The monoisotopic (exact) mass is 447 g/mol. The molecule has 8 heteroatoms. The number of nitrogens with zero attached hydrogens (tertiary/aromatic N) is 4. The lowest BCUT2D eigenvalue weighted by Gasteiger charge is -2.33. The molecule has 1 aliphatic heterocycles. The third-order valence-corrected chi connectivity index (χ3v) is 6.57. The summed E-state index contributed by atoms with van der Waals surface area (Å²) in [5.41, 5.74) is 11.2. The van der Waals surface area contributed by atoms with Crippen LogP contribution in [0.3, 0.4) is 0 Å². The van der Waals surface area contributed by atoms with Crippen molar-refractivity contribution in [2.75, 3.05) is 32.5 Å². The maximum absolute atomic E-state index is 13.1. The maximum atomic E-state index is 13.1. The zero-order valence-electron chi connectivity index (χ0n) is 19.1. The number of hydrogen-bond acceptors (Lipinski definition) is 7. The first-order valence-electron chi connectivity index (χ1n) is 11.5. The van der Waals surface area contributed by atoms with Crippen LogP contribution in [0.1, 0.15) is 47.2 Å². The summed E-state index contributed by atoms with van der Waals surface area (Å²) < 4.78 is 11.6. The van der Waals surface area contributed by atoms with Crippen molar-refractivity contribution in [1.29, 1.82) is 0 Å². The number of amides is 1. The summed E-state index contributed by atoms with van der Waals surface area (Å²) >= 11 is 0. The Hall–Kier alpha value is -3.26. The standard InChI is InChI=1S/C25H29N5O3/c1-15-27-24(26)19-7-8-20(29-25(19)28-15)22-14-30(10-11-33-22)23(31)9-6-18-12-16-4-3-5-17(16)13-21(18)32-2/h7-8,12-13,22H,3-6,9-11,14H2,1-2H3,(H2,26,27,28,29)/t22-/m0/s1. The van der Waals surface area contributed by atoms with Crippen molar-refractivity contribution in [1.82, 2.24) is 19.9 Å². The van der Waals surface area contributed by atoms with Crippen LogP contribution in [0, 0.1) is 6.92 Å². The maximum Gasteiger partial charge on any atom is 0.223 e. The summed E-state index contributed by atoms with van der Waals surface area (Å²) in [6.45, 7) is 3.32. The molecule has 2 N–H and O–H groups in total. The molecule has 0 spiro atoms. The van der Waals surface area contributed by atoms with Crippen molar-refractivity contribution < 1.29 is 14.3 Å². The summed E-state index contributed by atoms with van der Waals surface area (Å²) in [6.07, 6.45) is 4.23. The van der Waals surface area contributed by atoms with Gasteiger partial charge in [0.1, 0.15) is 23.5 Å². The van der Waals surface area contributed by atoms with Crippen LogP contribution in [0.25, 0.3) is 11.0 Å². The summed E-state index contributed by atoms with van der Waals surface area (Å²) in [5, 5.41) is 0.719. The number of benzene rings is 1. The van der Waals surface area contributed by atoms with Crippen molar-refractivity contribution >= 4 is 22.8 Å². The van der Waals surface area contributed by atoms with E-state index < -0.39 is 0 Å². The van der Waals surface area contributed by atoms with Gasteiger partial charge in [0.05, 0.1) is 31.3 Å². The molecule has 0 unspecified atom stereocenters. The number of carbonyl (C=O) groups is 1. The molecule has 8 nitrogen and oxygen atoms in total. The predicted molar refractivity (Wildman–Crippen MR) is 125 cm³/mol. The summed E-state index contributed by atoms with van der Waals surface area (Å²) in [5.74, 6) is 2.00. The van der Waals surface area contributed by atoms with Crippen LogP contribution in [0.4, 0.5) is 5.82 Å². The van der Waals surface area contributed by atoms with Gasteiger partial charge in [-0.15, -0.1) is 0 Å². The fourth-order valence-electron chi connectivity index (χ4n) is 4.83. The predicted octanol–water partition coefficient (Wildman–Crippen LogP) is 2.95. The molecule has 172 valence electrons. The number of nitrogen functional groups attached to an aromatic ring is 1. The number of anilines is 1. The molecule has 3 heterocycles. The molecule has 2 aromatic heterocycles. The second-order valence-corrected chi connectivity index (χ2v) is 8.75. The van der Waals surface area contributed by atoms with Crippen LogP contribution < -0.4 is 10.5 Å². The van der Waals surface area contributed by atoms with E-state index in [1.807, 2.05) is 17.0 Å². The second kappa shape index (κ2) is 8.94. The van der Waals surface area contributed by atoms with Gasteiger partial charge >= 0.3 is 0 Å². The first kappa shape index (κ1) is 21.6. The minimum absolute atomic E-state index is 0.119. The van der Waals surface area contributed by atoms with Crippen LogP contribution in [-0.4, -0.2) is 52.6 Å². The van der Waals surface area contributed by atoms with Crippen LogP contribution in [0.2, 0.25) is 0 Å². The average molecular weight is 448 g/mol. The van der Waals surface area contributed by atoms with Gasteiger partial charge in [-0.3, -0.25) is 4.79 Å². The quantitative estimate of drug-likeness (QED) is 0.641. The number of hydrogen-bond donors (Lipinski definition) is 1. The molecule has 1 aromatic carbocycles. The van der Waals surface area contributed by atoms with Gasteiger partial charge in [0.15, 0.2) is 5.65 Å². The largest absolute Gasteiger partial charge is 0.496 e. The first-order chi connectivity index (χ1) is 16.0. The molecule has 1 fully saturated rings. The lowest BCUT2D eigenvalue weighted by atomic mass is 10.0. The normalized spacial score (nSPS) is 17.9. The van der Waals surface area contributed by atoms with E-state index in [0.29, 0.717) is 49.8 Å². The molecule has 2 aliphatic rings. The number of aromatic nitrogens is 3. The van der Waals surface area contributed by atoms with E-state index in [0.717, 1.165) is 35.2 Å². The second-order valence-electron chi connectivity index (χ2n) is 8.75. The highest BCUT2D eigenvalue weighted by Gasteiger charge is 2.27.